The minimum atomic E-state index is -0.709. The van der Waals surface area contributed by atoms with Crippen molar-refractivity contribution in [2.45, 2.75) is 115 Å². The lowest BCUT2D eigenvalue weighted by atomic mass is 10.0. The van der Waals surface area contributed by atoms with E-state index in [-0.39, 0.29) is 67.0 Å². The van der Waals surface area contributed by atoms with Crippen LogP contribution in [0.4, 0.5) is 28.8 Å². The average molecular weight is 892 g/mol. The molecule has 2 aromatic carbocycles. The second kappa shape index (κ2) is 20.4. The molecule has 5 N–H and O–H groups in total. The summed E-state index contributed by atoms with van der Waals surface area (Å²) in [4.78, 5) is 94.0. The lowest BCUT2D eigenvalue weighted by Gasteiger charge is -2.43. The van der Waals surface area contributed by atoms with Gasteiger partial charge in [-0.05, 0) is 88.2 Å². The van der Waals surface area contributed by atoms with Gasteiger partial charge in [0.15, 0.2) is 5.82 Å². The monoisotopic (exact) mass is 891 g/mol. The zero-order chi connectivity index (χ0) is 45.6. The van der Waals surface area contributed by atoms with Crippen LogP contribution in [0.25, 0.3) is 0 Å². The highest BCUT2D eigenvalue weighted by Crippen LogP contribution is 2.40. The van der Waals surface area contributed by atoms with E-state index in [4.69, 9.17) is 9.72 Å². The van der Waals surface area contributed by atoms with Crippen LogP contribution in [0, 0.1) is 0 Å². The molecule has 2 atom stereocenters. The summed E-state index contributed by atoms with van der Waals surface area (Å²) >= 11 is 0. The van der Waals surface area contributed by atoms with Crippen LogP contribution in [-0.4, -0.2) is 126 Å². The van der Waals surface area contributed by atoms with Crippen LogP contribution >= 0.6 is 0 Å². The number of amides is 6. The van der Waals surface area contributed by atoms with Crippen molar-refractivity contribution in [3.63, 3.8) is 0 Å². The predicted octanol–water partition coefficient (Wildman–Crippen LogP) is 4.09. The number of carbonyl (C=O) groups excluding carboxylic acids is 6. The Morgan fingerprint density at radius 2 is 1.75 bits per heavy atom. The number of piperidine rings is 2. The number of unbranched alkanes of at least 4 members (excludes halogenated alkanes) is 1. The summed E-state index contributed by atoms with van der Waals surface area (Å²) in [5.74, 6) is 0.349. The second-order valence-electron chi connectivity index (χ2n) is 17.7. The Kier molecular flexibility index (Phi) is 14.2. The van der Waals surface area contributed by atoms with Gasteiger partial charge >= 0.3 is 0 Å². The molecule has 346 valence electrons. The van der Waals surface area contributed by atoms with E-state index in [1.54, 1.807) is 61.7 Å². The molecule has 1 unspecified atom stereocenters. The number of imide groups is 1. The molecule has 18 nitrogen and oxygen atoms in total. The van der Waals surface area contributed by atoms with E-state index in [9.17, 15) is 28.8 Å². The van der Waals surface area contributed by atoms with Gasteiger partial charge in [-0.2, -0.15) is 4.98 Å². The molecule has 18 heteroatoms. The van der Waals surface area contributed by atoms with E-state index in [2.05, 4.69) is 41.4 Å². The van der Waals surface area contributed by atoms with Gasteiger partial charge < -0.3 is 45.6 Å². The molecule has 1 aromatic heterocycles. The molecule has 8 rings (SSSR count). The molecule has 6 amide bonds. The maximum atomic E-state index is 13.4. The first-order valence-corrected chi connectivity index (χ1v) is 23.2. The van der Waals surface area contributed by atoms with E-state index in [0.29, 0.717) is 64.7 Å². The summed E-state index contributed by atoms with van der Waals surface area (Å²) in [6, 6.07) is 9.85. The summed E-state index contributed by atoms with van der Waals surface area (Å²) in [7, 11) is 3.35. The molecule has 0 bridgehead atoms. The molecule has 0 spiro atoms. The van der Waals surface area contributed by atoms with Crippen LogP contribution in [0.2, 0.25) is 0 Å². The summed E-state index contributed by atoms with van der Waals surface area (Å²) in [6.45, 7) is 6.49. The van der Waals surface area contributed by atoms with E-state index in [0.717, 1.165) is 83.5 Å². The molecule has 1 aliphatic carbocycles. The number of methoxy groups -OCH3 is 1. The second-order valence-corrected chi connectivity index (χ2v) is 17.7. The van der Waals surface area contributed by atoms with Crippen molar-refractivity contribution in [3.05, 3.63) is 59.3 Å². The number of anilines is 5. The zero-order valence-electron chi connectivity index (χ0n) is 37.6. The van der Waals surface area contributed by atoms with Crippen LogP contribution in [-0.2, 0) is 25.7 Å². The van der Waals surface area contributed by atoms with E-state index >= 15 is 0 Å². The Bertz CT molecular complexity index is 2290. The molecule has 0 radical (unpaired) electrons. The fraction of sp³-hybridized carbons (Fsp3) is 0.532. The van der Waals surface area contributed by atoms with Crippen LogP contribution in [0.15, 0.2) is 42.6 Å². The molecule has 5 heterocycles. The molecule has 1 saturated carbocycles. The number of hydrogen-bond acceptors (Lipinski definition) is 13. The topological polar surface area (TPSA) is 211 Å². The highest BCUT2D eigenvalue weighted by molar-refractivity contribution is 6.07. The Balaban J connectivity index is 0.734. The van der Waals surface area contributed by atoms with E-state index < -0.39 is 11.9 Å². The van der Waals surface area contributed by atoms with Crippen molar-refractivity contribution in [1.82, 2.24) is 35.7 Å². The summed E-state index contributed by atoms with van der Waals surface area (Å²) in [5, 5.41) is 15.3. The smallest absolute Gasteiger partial charge is 0.255 e. The summed E-state index contributed by atoms with van der Waals surface area (Å²) in [5.41, 5.74) is 3.55. The highest BCUT2D eigenvalue weighted by atomic mass is 16.5. The SMILES string of the molecule is CC[C@@H]1C(=O)N(C)c2cnc(Nc3ccc(C(=O)NC4CCN(CCNCCCCC(=O)Nc5cccc6c5CN(C5CCC(=O)NC5=O)C6=O)CC4)cc3OC)nc2N1C1CCCC1. The van der Waals surface area contributed by atoms with Crippen molar-refractivity contribution >= 4 is 64.3 Å². The Hall–Kier alpha value is -6.14. The standard InChI is InChI=1S/C47H61N11O7/c1-4-36-46(64)55(2)38-27-49-47(54-42(38)58(36)31-10-5-6-11-31)52-35-16-15-29(26-39(35)65-3)43(61)50-30-19-23-56(24-20-30)25-22-48-21-8-7-14-40(59)51-34-13-9-12-32-33(34)28-57(45(32)63)37-17-18-41(60)53-44(37)62/h9,12-13,15-16,26-27,30-31,36-37,48H,4-8,10-11,14,17-25,28H2,1-3H3,(H,50,61)(H,51,59)(H,49,52,54)(H,53,60,62)/t36-,37?/m1/s1. The van der Waals surface area contributed by atoms with E-state index in [1.165, 1.54) is 4.90 Å². The largest absolute Gasteiger partial charge is 0.495 e. The quantitative estimate of drug-likeness (QED) is 0.0957. The van der Waals surface area contributed by atoms with Gasteiger partial charge in [0, 0.05) is 87.1 Å². The van der Waals surface area contributed by atoms with Crippen molar-refractivity contribution in [3.8, 4) is 5.75 Å². The number of nitrogens with one attached hydrogen (secondary N) is 5. The maximum Gasteiger partial charge on any atom is 0.255 e. The molecule has 3 fully saturated rings. The Morgan fingerprint density at radius 1 is 0.954 bits per heavy atom. The van der Waals surface area contributed by atoms with Crippen LogP contribution in [0.5, 0.6) is 5.75 Å². The van der Waals surface area contributed by atoms with Gasteiger partial charge in [-0.3, -0.25) is 34.1 Å². The number of aromatic nitrogens is 2. The highest BCUT2D eigenvalue weighted by Gasteiger charge is 2.42. The number of ether oxygens (including phenoxy) is 1. The summed E-state index contributed by atoms with van der Waals surface area (Å²) < 4.78 is 5.71. The van der Waals surface area contributed by atoms with E-state index in [1.807, 2.05) is 6.92 Å². The van der Waals surface area contributed by atoms with Crippen molar-refractivity contribution < 1.29 is 33.5 Å². The third-order valence-electron chi connectivity index (χ3n) is 13.5. The van der Waals surface area contributed by atoms with Gasteiger partial charge in [0.05, 0.1) is 19.0 Å². The molecular formula is C47H61N11O7. The maximum absolute atomic E-state index is 13.4. The number of nitrogens with zero attached hydrogens (tertiary/aromatic N) is 6. The molecule has 3 aromatic rings. The third kappa shape index (κ3) is 10.1. The van der Waals surface area contributed by atoms with Gasteiger partial charge in [-0.25, -0.2) is 4.98 Å². The number of likely N-dealkylation sites (N-methyl/N-ethyl adjacent to an activating group) is 1. The van der Waals surface area contributed by atoms with Crippen LogP contribution < -0.4 is 41.1 Å². The van der Waals surface area contributed by atoms with Gasteiger partial charge in [-0.1, -0.05) is 25.8 Å². The zero-order valence-corrected chi connectivity index (χ0v) is 37.6. The Morgan fingerprint density at radius 3 is 2.51 bits per heavy atom. The number of likely N-dealkylation sites (tertiary alicyclic amines) is 1. The number of fused-ring (bicyclic) bond motifs is 2. The average Bonchev–Trinajstić information content (AvgIpc) is 3.96. The van der Waals surface area contributed by atoms with Crippen LogP contribution in [0.3, 0.4) is 0 Å². The third-order valence-corrected chi connectivity index (χ3v) is 13.5. The fourth-order valence-corrected chi connectivity index (χ4v) is 9.88. The molecule has 2 saturated heterocycles. The minimum Gasteiger partial charge on any atom is -0.495 e. The van der Waals surface area contributed by atoms with Gasteiger partial charge in [0.25, 0.3) is 11.8 Å². The molecular weight excluding hydrogens is 831 g/mol. The van der Waals surface area contributed by atoms with Crippen LogP contribution in [0.1, 0.15) is 110 Å². The van der Waals surface area contributed by atoms with Crippen molar-refractivity contribution in [2.24, 2.45) is 0 Å². The lowest BCUT2D eigenvalue weighted by Crippen LogP contribution is -2.55. The van der Waals surface area contributed by atoms with Gasteiger partial charge in [0.1, 0.15) is 23.5 Å². The first kappa shape index (κ1) is 45.4. The summed E-state index contributed by atoms with van der Waals surface area (Å²) in [6.07, 6.45) is 10.8. The minimum absolute atomic E-state index is 0.0621. The number of carbonyl (C=O) groups is 6. The van der Waals surface area contributed by atoms with Crippen molar-refractivity contribution in [2.75, 3.05) is 67.3 Å². The number of hydrogen-bond donors (Lipinski definition) is 5. The molecule has 5 aliphatic rings. The van der Waals surface area contributed by atoms with Crippen molar-refractivity contribution in [1.29, 1.82) is 0 Å². The first-order chi connectivity index (χ1) is 31.5. The predicted molar refractivity (Wildman–Crippen MR) is 245 cm³/mol. The lowest BCUT2D eigenvalue weighted by molar-refractivity contribution is -0.137. The first-order valence-electron chi connectivity index (χ1n) is 23.2. The molecule has 4 aliphatic heterocycles. The fourth-order valence-electron chi connectivity index (χ4n) is 9.88. The number of benzene rings is 2. The number of rotatable bonds is 17. The normalized spacial score (nSPS) is 20.4. The van der Waals surface area contributed by atoms with Gasteiger partial charge in [0.2, 0.25) is 29.6 Å². The molecule has 65 heavy (non-hydrogen) atoms. The Labute approximate surface area is 379 Å². The van der Waals surface area contributed by atoms with Gasteiger partial charge in [-0.15, -0.1) is 0 Å².